The van der Waals surface area contributed by atoms with Crippen molar-refractivity contribution in [3.8, 4) is 0 Å². The summed E-state index contributed by atoms with van der Waals surface area (Å²) in [6.07, 6.45) is 0.267. The minimum atomic E-state index is -1.51. The van der Waals surface area contributed by atoms with E-state index in [4.69, 9.17) is 16.7 Å². The predicted molar refractivity (Wildman–Crippen MR) is 43.8 cm³/mol. The Morgan fingerprint density at radius 3 is 2.62 bits per heavy atom. The van der Waals surface area contributed by atoms with Crippen LogP contribution in [0, 0.1) is 5.82 Å². The summed E-state index contributed by atoms with van der Waals surface area (Å²) in [4.78, 5) is 20.8. The Kier molecular flexibility index (Phi) is 2.63. The van der Waals surface area contributed by atoms with E-state index in [1.165, 1.54) is 0 Å². The maximum Gasteiger partial charge on any atom is 0.339 e. The third-order valence-electron chi connectivity index (χ3n) is 1.47. The zero-order chi connectivity index (χ0) is 10.0. The van der Waals surface area contributed by atoms with Crippen LogP contribution in [0.15, 0.2) is 12.1 Å². The Balaban J connectivity index is 3.50. The van der Waals surface area contributed by atoms with Crippen LogP contribution in [0.3, 0.4) is 0 Å². The van der Waals surface area contributed by atoms with Gasteiger partial charge in [-0.05, 0) is 12.1 Å². The lowest BCUT2D eigenvalue weighted by Gasteiger charge is -2.01. The molecule has 1 N–H and O–H groups in total. The molecule has 0 bridgehead atoms. The van der Waals surface area contributed by atoms with E-state index in [-0.39, 0.29) is 16.9 Å². The van der Waals surface area contributed by atoms with Gasteiger partial charge in [-0.3, -0.25) is 4.79 Å². The molecular formula is C8H4ClFO3. The molecule has 0 fully saturated rings. The van der Waals surface area contributed by atoms with Gasteiger partial charge in [-0.25, -0.2) is 9.18 Å². The van der Waals surface area contributed by atoms with Crippen molar-refractivity contribution >= 4 is 23.9 Å². The fourth-order valence-corrected chi connectivity index (χ4v) is 1.04. The topological polar surface area (TPSA) is 54.4 Å². The van der Waals surface area contributed by atoms with Gasteiger partial charge >= 0.3 is 5.97 Å². The quantitative estimate of drug-likeness (QED) is 0.747. The van der Waals surface area contributed by atoms with E-state index in [0.717, 1.165) is 12.1 Å². The zero-order valence-corrected chi connectivity index (χ0v) is 7.01. The maximum absolute atomic E-state index is 13.0. The molecule has 1 rings (SSSR count). The molecule has 0 radical (unpaired) electrons. The SMILES string of the molecule is O=Cc1ccc(Cl)c(F)c1C(=O)O. The van der Waals surface area contributed by atoms with Crippen LogP contribution in [0.2, 0.25) is 5.02 Å². The molecule has 0 amide bonds. The number of halogens is 2. The van der Waals surface area contributed by atoms with Crippen molar-refractivity contribution in [2.24, 2.45) is 0 Å². The molecule has 0 saturated heterocycles. The third kappa shape index (κ3) is 1.67. The first-order valence-electron chi connectivity index (χ1n) is 3.24. The standard InChI is InChI=1S/C8H4ClFO3/c9-5-2-1-4(3-11)6(7(5)10)8(12)13/h1-3H,(H,12,13). The van der Waals surface area contributed by atoms with Crippen molar-refractivity contribution < 1.29 is 19.1 Å². The fraction of sp³-hybridized carbons (Fsp3) is 0. The van der Waals surface area contributed by atoms with E-state index in [9.17, 15) is 14.0 Å². The average Bonchev–Trinajstić information content (AvgIpc) is 2.08. The molecule has 13 heavy (non-hydrogen) atoms. The van der Waals surface area contributed by atoms with E-state index in [2.05, 4.69) is 0 Å². The number of carbonyl (C=O) groups is 2. The highest BCUT2D eigenvalue weighted by atomic mass is 35.5. The van der Waals surface area contributed by atoms with E-state index < -0.39 is 17.3 Å². The van der Waals surface area contributed by atoms with Crippen molar-refractivity contribution in [2.75, 3.05) is 0 Å². The Morgan fingerprint density at radius 2 is 2.15 bits per heavy atom. The van der Waals surface area contributed by atoms with E-state index in [1.807, 2.05) is 0 Å². The zero-order valence-electron chi connectivity index (χ0n) is 6.25. The van der Waals surface area contributed by atoms with Crippen molar-refractivity contribution in [3.63, 3.8) is 0 Å². The smallest absolute Gasteiger partial charge is 0.339 e. The number of carboxylic acids is 1. The minimum absolute atomic E-state index is 0.227. The number of carboxylic acid groups (broad SMARTS) is 1. The number of hydrogen-bond donors (Lipinski definition) is 1. The third-order valence-corrected chi connectivity index (χ3v) is 1.76. The van der Waals surface area contributed by atoms with Gasteiger partial charge in [0.1, 0.15) is 5.56 Å². The summed E-state index contributed by atoms with van der Waals surface area (Å²) in [5, 5.41) is 8.23. The molecule has 0 heterocycles. The molecule has 0 aliphatic rings. The van der Waals surface area contributed by atoms with Gasteiger partial charge in [-0.1, -0.05) is 11.6 Å². The van der Waals surface area contributed by atoms with Crippen LogP contribution in [0.5, 0.6) is 0 Å². The highest BCUT2D eigenvalue weighted by Gasteiger charge is 2.17. The second-order valence-electron chi connectivity index (χ2n) is 2.25. The lowest BCUT2D eigenvalue weighted by molar-refractivity contribution is 0.0689. The second-order valence-corrected chi connectivity index (χ2v) is 2.66. The summed E-state index contributed by atoms with van der Waals surface area (Å²) in [5.74, 6) is -2.60. The van der Waals surface area contributed by atoms with Gasteiger partial charge in [-0.2, -0.15) is 0 Å². The Hall–Kier alpha value is -1.42. The average molecular weight is 203 g/mol. The molecule has 3 nitrogen and oxygen atoms in total. The van der Waals surface area contributed by atoms with Crippen LogP contribution in [-0.2, 0) is 0 Å². The molecule has 1 aromatic carbocycles. The lowest BCUT2D eigenvalue weighted by Crippen LogP contribution is -2.05. The molecule has 0 atom stereocenters. The van der Waals surface area contributed by atoms with E-state index in [0.29, 0.717) is 0 Å². The van der Waals surface area contributed by atoms with Crippen LogP contribution in [-0.4, -0.2) is 17.4 Å². The predicted octanol–water partition coefficient (Wildman–Crippen LogP) is 1.99. The molecular weight excluding hydrogens is 199 g/mol. The summed E-state index contributed by atoms with van der Waals surface area (Å²) in [5.41, 5.74) is -0.920. The summed E-state index contributed by atoms with van der Waals surface area (Å²) < 4.78 is 13.0. The number of carbonyl (C=O) groups excluding carboxylic acids is 1. The highest BCUT2D eigenvalue weighted by molar-refractivity contribution is 6.31. The number of hydrogen-bond acceptors (Lipinski definition) is 2. The normalized spacial score (nSPS) is 9.69. The van der Waals surface area contributed by atoms with Crippen molar-refractivity contribution in [1.29, 1.82) is 0 Å². The fourth-order valence-electron chi connectivity index (χ4n) is 0.881. The molecule has 5 heteroatoms. The van der Waals surface area contributed by atoms with Crippen molar-refractivity contribution in [3.05, 3.63) is 34.1 Å². The van der Waals surface area contributed by atoms with Gasteiger partial charge in [0.05, 0.1) is 5.02 Å². The summed E-state index contributed by atoms with van der Waals surface area (Å²) in [6.45, 7) is 0. The van der Waals surface area contributed by atoms with Crippen molar-refractivity contribution in [1.82, 2.24) is 0 Å². The van der Waals surface area contributed by atoms with Crippen LogP contribution in [0.25, 0.3) is 0 Å². The minimum Gasteiger partial charge on any atom is -0.478 e. The van der Waals surface area contributed by atoms with Gasteiger partial charge < -0.3 is 5.11 Å². The molecule has 0 aliphatic carbocycles. The number of benzene rings is 1. The summed E-state index contributed by atoms with van der Waals surface area (Å²) >= 11 is 5.33. The molecule has 68 valence electrons. The summed E-state index contributed by atoms with van der Waals surface area (Å²) in [7, 11) is 0. The van der Waals surface area contributed by atoms with Crippen LogP contribution >= 0.6 is 11.6 Å². The number of rotatable bonds is 2. The van der Waals surface area contributed by atoms with Gasteiger partial charge in [-0.15, -0.1) is 0 Å². The van der Waals surface area contributed by atoms with Crippen LogP contribution < -0.4 is 0 Å². The van der Waals surface area contributed by atoms with Gasteiger partial charge in [0.25, 0.3) is 0 Å². The number of aromatic carboxylic acids is 1. The first kappa shape index (κ1) is 9.67. The molecule has 0 unspecified atom stereocenters. The molecule has 0 spiro atoms. The largest absolute Gasteiger partial charge is 0.478 e. The Labute approximate surface area is 77.7 Å². The molecule has 0 aliphatic heterocycles. The lowest BCUT2D eigenvalue weighted by atomic mass is 10.1. The first-order valence-corrected chi connectivity index (χ1v) is 3.62. The Bertz CT molecular complexity index is 376. The maximum atomic E-state index is 13.0. The monoisotopic (exact) mass is 202 g/mol. The second kappa shape index (κ2) is 3.53. The number of aldehydes is 1. The van der Waals surface area contributed by atoms with Crippen molar-refractivity contribution in [2.45, 2.75) is 0 Å². The molecule has 1 aromatic rings. The molecule has 0 saturated carbocycles. The first-order chi connectivity index (χ1) is 6.07. The van der Waals surface area contributed by atoms with Crippen LogP contribution in [0.4, 0.5) is 4.39 Å². The van der Waals surface area contributed by atoms with Gasteiger partial charge in [0.15, 0.2) is 12.1 Å². The summed E-state index contributed by atoms with van der Waals surface area (Å²) in [6, 6.07) is 2.29. The van der Waals surface area contributed by atoms with Gasteiger partial charge in [0, 0.05) is 5.56 Å². The highest BCUT2D eigenvalue weighted by Crippen LogP contribution is 2.20. The van der Waals surface area contributed by atoms with Gasteiger partial charge in [0.2, 0.25) is 0 Å². The van der Waals surface area contributed by atoms with E-state index >= 15 is 0 Å². The Morgan fingerprint density at radius 1 is 1.54 bits per heavy atom. The van der Waals surface area contributed by atoms with E-state index in [1.54, 1.807) is 0 Å². The molecule has 0 aromatic heterocycles. The van der Waals surface area contributed by atoms with Crippen LogP contribution in [0.1, 0.15) is 20.7 Å².